The van der Waals surface area contributed by atoms with E-state index in [0.717, 1.165) is 24.8 Å². The third-order valence-electron chi connectivity index (χ3n) is 11.1. The molecule has 37 heavy (non-hydrogen) atoms. The van der Waals surface area contributed by atoms with Crippen molar-refractivity contribution in [2.45, 2.75) is 106 Å². The van der Waals surface area contributed by atoms with Crippen LogP contribution in [-0.2, 0) is 23.9 Å². The number of allylic oxidation sites excluding steroid dienone is 2. The summed E-state index contributed by atoms with van der Waals surface area (Å²) in [7, 11) is 0. The number of fused-ring (bicyclic) bond motifs is 5. The summed E-state index contributed by atoms with van der Waals surface area (Å²) >= 11 is 0. The van der Waals surface area contributed by atoms with Crippen LogP contribution >= 0.6 is 0 Å². The SMILES string of the molecule is CC(=O)O[C@H]1C[C@@]2(C)[C@@H](CC(=O)[C@H]3[C@@]4(C)CCC(=O)[C@@H](C)[C@@H]4CC[C@@]32C)/C1=C(/CCC=C(C)C)C(=O)O. The van der Waals surface area contributed by atoms with Gasteiger partial charge in [0.1, 0.15) is 17.7 Å². The molecule has 4 rings (SSSR count). The molecule has 4 aliphatic rings. The Balaban J connectivity index is 1.83. The number of hydrogen-bond acceptors (Lipinski definition) is 5. The van der Waals surface area contributed by atoms with E-state index in [9.17, 15) is 24.3 Å². The zero-order valence-electron chi connectivity index (χ0n) is 23.6. The second-order valence-corrected chi connectivity index (χ2v) is 13.3. The van der Waals surface area contributed by atoms with Crippen LogP contribution in [0.25, 0.3) is 0 Å². The van der Waals surface area contributed by atoms with Crippen LogP contribution in [0.2, 0.25) is 0 Å². The molecule has 8 atom stereocenters. The fourth-order valence-electron chi connectivity index (χ4n) is 9.29. The minimum atomic E-state index is -0.992. The number of rotatable bonds is 5. The number of carbonyl (C=O) groups is 4. The largest absolute Gasteiger partial charge is 0.478 e. The summed E-state index contributed by atoms with van der Waals surface area (Å²) in [4.78, 5) is 51.5. The van der Waals surface area contributed by atoms with Gasteiger partial charge in [-0.05, 0) is 86.0 Å². The van der Waals surface area contributed by atoms with Crippen LogP contribution in [0.4, 0.5) is 0 Å². The summed E-state index contributed by atoms with van der Waals surface area (Å²) in [5, 5.41) is 10.3. The molecule has 0 unspecified atom stereocenters. The third kappa shape index (κ3) is 4.23. The van der Waals surface area contributed by atoms with Gasteiger partial charge in [-0.3, -0.25) is 14.4 Å². The van der Waals surface area contributed by atoms with Gasteiger partial charge in [0.15, 0.2) is 0 Å². The maximum absolute atomic E-state index is 14.2. The first-order valence-electron chi connectivity index (χ1n) is 14.0. The van der Waals surface area contributed by atoms with Crippen molar-refractivity contribution in [3.63, 3.8) is 0 Å². The average Bonchev–Trinajstić information content (AvgIpc) is 3.05. The molecule has 0 radical (unpaired) electrons. The summed E-state index contributed by atoms with van der Waals surface area (Å²) in [5.41, 5.74) is 1.05. The zero-order valence-corrected chi connectivity index (χ0v) is 23.6. The van der Waals surface area contributed by atoms with E-state index < -0.39 is 23.5 Å². The van der Waals surface area contributed by atoms with Gasteiger partial charge in [-0.15, -0.1) is 0 Å². The Labute approximate surface area is 221 Å². The van der Waals surface area contributed by atoms with E-state index in [4.69, 9.17) is 4.74 Å². The number of carboxylic acids is 1. The first-order chi connectivity index (χ1) is 17.2. The maximum Gasteiger partial charge on any atom is 0.331 e. The highest BCUT2D eigenvalue weighted by molar-refractivity contribution is 5.90. The Kier molecular flexibility index (Phi) is 7.13. The summed E-state index contributed by atoms with van der Waals surface area (Å²) in [6.45, 7) is 14.0. The predicted octanol–water partition coefficient (Wildman–Crippen LogP) is 6.08. The number of aliphatic carboxylic acids is 1. The highest BCUT2D eigenvalue weighted by Crippen LogP contribution is 2.73. The lowest BCUT2D eigenvalue weighted by atomic mass is 9.37. The number of esters is 1. The van der Waals surface area contributed by atoms with Crippen molar-refractivity contribution in [1.29, 1.82) is 0 Å². The third-order valence-corrected chi connectivity index (χ3v) is 11.1. The smallest absolute Gasteiger partial charge is 0.331 e. The van der Waals surface area contributed by atoms with Crippen molar-refractivity contribution in [2.75, 3.05) is 0 Å². The van der Waals surface area contributed by atoms with Crippen LogP contribution in [0, 0.1) is 39.9 Å². The Bertz CT molecular complexity index is 1080. The highest BCUT2D eigenvalue weighted by Gasteiger charge is 2.71. The van der Waals surface area contributed by atoms with E-state index in [1.807, 2.05) is 26.8 Å². The lowest BCUT2D eigenvalue weighted by Gasteiger charge is -2.66. The summed E-state index contributed by atoms with van der Waals surface area (Å²) in [6, 6.07) is 0. The van der Waals surface area contributed by atoms with Crippen LogP contribution in [0.1, 0.15) is 99.8 Å². The second-order valence-electron chi connectivity index (χ2n) is 13.3. The number of carbonyl (C=O) groups excluding carboxylic acids is 3. The fraction of sp³-hybridized carbons (Fsp3) is 0.742. The van der Waals surface area contributed by atoms with Gasteiger partial charge < -0.3 is 9.84 Å². The minimum absolute atomic E-state index is 0.0388. The van der Waals surface area contributed by atoms with Gasteiger partial charge in [-0.1, -0.05) is 39.3 Å². The normalized spacial score (nSPS) is 42.3. The van der Waals surface area contributed by atoms with Crippen molar-refractivity contribution in [3.05, 3.63) is 22.8 Å². The molecular weight excluding hydrogens is 468 g/mol. The van der Waals surface area contributed by atoms with Gasteiger partial charge in [0, 0.05) is 37.2 Å². The molecule has 204 valence electrons. The summed E-state index contributed by atoms with van der Waals surface area (Å²) in [5.74, 6) is -1.23. The Hall–Kier alpha value is -2.24. The zero-order chi connectivity index (χ0) is 27.5. The van der Waals surface area contributed by atoms with Crippen molar-refractivity contribution in [2.24, 2.45) is 39.9 Å². The van der Waals surface area contributed by atoms with E-state index in [1.54, 1.807) is 0 Å². The summed E-state index contributed by atoms with van der Waals surface area (Å²) < 4.78 is 5.83. The quantitative estimate of drug-likeness (QED) is 0.272. The number of ketones is 2. The molecule has 6 heteroatoms. The molecular formula is C31H44O6. The van der Waals surface area contributed by atoms with Crippen LogP contribution in [-0.4, -0.2) is 34.7 Å². The van der Waals surface area contributed by atoms with Crippen molar-refractivity contribution in [1.82, 2.24) is 0 Å². The van der Waals surface area contributed by atoms with E-state index in [-0.39, 0.29) is 46.7 Å². The van der Waals surface area contributed by atoms with E-state index in [1.165, 1.54) is 6.92 Å². The van der Waals surface area contributed by atoms with Gasteiger partial charge >= 0.3 is 11.9 Å². The molecule has 4 aliphatic carbocycles. The molecule has 4 fully saturated rings. The molecule has 0 bridgehead atoms. The summed E-state index contributed by atoms with van der Waals surface area (Å²) in [6.07, 6.45) is 6.06. The Morgan fingerprint density at radius 1 is 1.05 bits per heavy atom. The van der Waals surface area contributed by atoms with E-state index in [0.29, 0.717) is 42.6 Å². The van der Waals surface area contributed by atoms with E-state index in [2.05, 4.69) is 20.8 Å². The molecule has 0 aromatic carbocycles. The van der Waals surface area contributed by atoms with Crippen molar-refractivity contribution < 1.29 is 29.0 Å². The number of ether oxygens (including phenoxy) is 1. The monoisotopic (exact) mass is 512 g/mol. The highest BCUT2D eigenvalue weighted by atomic mass is 16.5. The van der Waals surface area contributed by atoms with Crippen LogP contribution < -0.4 is 0 Å². The second kappa shape index (κ2) is 9.50. The molecule has 1 N–H and O–H groups in total. The van der Waals surface area contributed by atoms with Gasteiger partial charge in [0.05, 0.1) is 0 Å². The number of hydrogen-bond donors (Lipinski definition) is 1. The maximum atomic E-state index is 14.2. The lowest BCUT2D eigenvalue weighted by Crippen LogP contribution is -2.64. The van der Waals surface area contributed by atoms with Crippen molar-refractivity contribution >= 4 is 23.5 Å². The van der Waals surface area contributed by atoms with Gasteiger partial charge in [-0.2, -0.15) is 0 Å². The average molecular weight is 513 g/mol. The molecule has 0 aromatic rings. The molecule has 0 aliphatic heterocycles. The molecule has 0 saturated heterocycles. The molecule has 0 spiro atoms. The van der Waals surface area contributed by atoms with Crippen LogP contribution in [0.5, 0.6) is 0 Å². The van der Waals surface area contributed by atoms with Gasteiger partial charge in [0.2, 0.25) is 0 Å². The predicted molar refractivity (Wildman–Crippen MR) is 141 cm³/mol. The number of Topliss-reactive ketones (excluding diaryl/α,β-unsaturated/α-hetero) is 2. The molecule has 0 aromatic heterocycles. The van der Waals surface area contributed by atoms with Gasteiger partial charge in [0.25, 0.3) is 0 Å². The van der Waals surface area contributed by atoms with Gasteiger partial charge in [-0.25, -0.2) is 4.79 Å². The standard InChI is InChI=1S/C31H44O6/c1-17(2)9-8-10-20(28(35)36)26-22-15-24(34)27-29(5)13-12-23(33)18(3)21(29)11-14-30(27,6)31(22,7)16-25(26)37-19(4)32/h9,18,21-22,25,27H,8,10-16H2,1-7H3,(H,35,36)/b26-20+/t18-,21-,22-,25-,27-,29-,30-,31-/m0/s1. The number of carboxylic acid groups (broad SMARTS) is 1. The van der Waals surface area contributed by atoms with E-state index >= 15 is 0 Å². The van der Waals surface area contributed by atoms with Crippen molar-refractivity contribution in [3.8, 4) is 0 Å². The van der Waals surface area contributed by atoms with Crippen LogP contribution in [0.15, 0.2) is 22.8 Å². The Morgan fingerprint density at radius 2 is 1.73 bits per heavy atom. The first-order valence-corrected chi connectivity index (χ1v) is 14.0. The topological polar surface area (TPSA) is 97.7 Å². The molecule has 4 saturated carbocycles. The van der Waals surface area contributed by atoms with Crippen LogP contribution in [0.3, 0.4) is 0 Å². The Morgan fingerprint density at radius 3 is 2.32 bits per heavy atom. The fourth-order valence-corrected chi connectivity index (χ4v) is 9.29. The minimum Gasteiger partial charge on any atom is -0.478 e. The first kappa shape index (κ1) is 27.8. The molecule has 0 amide bonds. The molecule has 0 heterocycles. The molecule has 6 nitrogen and oxygen atoms in total. The lowest BCUT2D eigenvalue weighted by molar-refractivity contribution is -0.191.